The van der Waals surface area contributed by atoms with Gasteiger partial charge in [0.2, 0.25) is 0 Å². The molecule has 0 bridgehead atoms. The van der Waals surface area contributed by atoms with E-state index in [9.17, 15) is 0 Å². The van der Waals surface area contributed by atoms with E-state index in [2.05, 4.69) is 34.4 Å². The molecule has 5 rings (SSSR count). The van der Waals surface area contributed by atoms with Crippen molar-refractivity contribution in [2.45, 2.75) is 37.7 Å². The molecule has 2 unspecified atom stereocenters. The summed E-state index contributed by atoms with van der Waals surface area (Å²) < 4.78 is 16.9. The first-order valence-electron chi connectivity index (χ1n) is 9.63. The maximum Gasteiger partial charge on any atom is 0.257 e. The van der Waals surface area contributed by atoms with Gasteiger partial charge in [0.1, 0.15) is 12.4 Å². The summed E-state index contributed by atoms with van der Waals surface area (Å²) in [6, 6.07) is 16.3. The van der Waals surface area contributed by atoms with Gasteiger partial charge in [-0.05, 0) is 61.1 Å². The molecule has 2 aliphatic rings. The van der Waals surface area contributed by atoms with Crippen molar-refractivity contribution in [2.24, 2.45) is 0 Å². The average molecular weight is 362 g/mol. The van der Waals surface area contributed by atoms with Gasteiger partial charge in [-0.15, -0.1) is 0 Å². The van der Waals surface area contributed by atoms with Crippen molar-refractivity contribution in [3.8, 4) is 17.2 Å². The molecule has 2 heterocycles. The standard InChI is InChI=1S/C22H22N2O3/c1-2-6-19-15(4-1)9-12-20(19)21-23-22(27-24-21)16-7-10-17(11-8-16)26-14-18-5-3-13-25-18/h1-2,4,6-8,10-11,18,20H,3,5,9,12-14H2. The van der Waals surface area contributed by atoms with Crippen molar-refractivity contribution in [2.75, 3.05) is 13.2 Å². The van der Waals surface area contributed by atoms with Gasteiger partial charge >= 0.3 is 0 Å². The highest BCUT2D eigenvalue weighted by Crippen LogP contribution is 2.37. The SMILES string of the molecule is c1ccc2c(c1)CCC2c1noc(-c2ccc(OCC3CCCO3)cc2)n1. The highest BCUT2D eigenvalue weighted by molar-refractivity contribution is 5.54. The molecule has 0 radical (unpaired) electrons. The van der Waals surface area contributed by atoms with E-state index < -0.39 is 0 Å². The predicted molar refractivity (Wildman–Crippen MR) is 101 cm³/mol. The number of aryl methyl sites for hydroxylation is 1. The lowest BCUT2D eigenvalue weighted by Crippen LogP contribution is -2.16. The number of rotatable bonds is 5. The van der Waals surface area contributed by atoms with Crippen LogP contribution in [-0.2, 0) is 11.2 Å². The van der Waals surface area contributed by atoms with Crippen LogP contribution in [0.15, 0.2) is 53.1 Å². The van der Waals surface area contributed by atoms with E-state index >= 15 is 0 Å². The molecule has 3 aromatic rings. The molecule has 27 heavy (non-hydrogen) atoms. The molecule has 1 aromatic heterocycles. The fourth-order valence-electron chi connectivity index (χ4n) is 3.98. The first-order chi connectivity index (χ1) is 13.4. The van der Waals surface area contributed by atoms with Gasteiger partial charge in [-0.3, -0.25) is 0 Å². The topological polar surface area (TPSA) is 57.4 Å². The van der Waals surface area contributed by atoms with Crippen LogP contribution in [0.5, 0.6) is 5.75 Å². The monoisotopic (exact) mass is 362 g/mol. The highest BCUT2D eigenvalue weighted by atomic mass is 16.5. The van der Waals surface area contributed by atoms with Gasteiger partial charge in [-0.1, -0.05) is 29.4 Å². The molecule has 1 saturated heterocycles. The Bertz CT molecular complexity index is 913. The normalized spacial score (nSPS) is 21.3. The van der Waals surface area contributed by atoms with Crippen LogP contribution in [0.4, 0.5) is 0 Å². The third-order valence-electron chi connectivity index (χ3n) is 5.45. The summed E-state index contributed by atoms with van der Waals surface area (Å²) in [4.78, 5) is 4.66. The van der Waals surface area contributed by atoms with Crippen LogP contribution in [0.2, 0.25) is 0 Å². The van der Waals surface area contributed by atoms with E-state index in [1.165, 1.54) is 11.1 Å². The van der Waals surface area contributed by atoms with Crippen LogP contribution in [0, 0.1) is 0 Å². The molecule has 1 aliphatic heterocycles. The van der Waals surface area contributed by atoms with E-state index in [0.29, 0.717) is 12.5 Å². The maximum absolute atomic E-state index is 5.81. The van der Waals surface area contributed by atoms with Crippen LogP contribution in [0.3, 0.4) is 0 Å². The fourth-order valence-corrected chi connectivity index (χ4v) is 3.98. The van der Waals surface area contributed by atoms with Crippen LogP contribution >= 0.6 is 0 Å². The molecule has 138 valence electrons. The second-order valence-electron chi connectivity index (χ2n) is 7.22. The van der Waals surface area contributed by atoms with E-state index in [1.807, 2.05) is 24.3 Å². The smallest absolute Gasteiger partial charge is 0.257 e. The molecular weight excluding hydrogens is 340 g/mol. The minimum absolute atomic E-state index is 0.220. The van der Waals surface area contributed by atoms with Crippen molar-refractivity contribution in [3.05, 3.63) is 65.5 Å². The third-order valence-corrected chi connectivity index (χ3v) is 5.45. The van der Waals surface area contributed by atoms with Gasteiger partial charge in [-0.25, -0.2) is 0 Å². The summed E-state index contributed by atoms with van der Waals surface area (Å²) in [5, 5.41) is 4.25. The van der Waals surface area contributed by atoms with Crippen LogP contribution in [0.1, 0.15) is 42.1 Å². The lowest BCUT2D eigenvalue weighted by molar-refractivity contribution is 0.0679. The largest absolute Gasteiger partial charge is 0.491 e. The minimum Gasteiger partial charge on any atom is -0.491 e. The van der Waals surface area contributed by atoms with Gasteiger partial charge in [0.05, 0.1) is 6.10 Å². The second-order valence-corrected chi connectivity index (χ2v) is 7.22. The first-order valence-corrected chi connectivity index (χ1v) is 9.63. The number of benzene rings is 2. The Balaban J connectivity index is 1.28. The summed E-state index contributed by atoms with van der Waals surface area (Å²) in [5.74, 6) is 2.39. The Kier molecular flexibility index (Phi) is 4.38. The van der Waals surface area contributed by atoms with E-state index in [1.54, 1.807) is 0 Å². The lowest BCUT2D eigenvalue weighted by atomic mass is 10.0. The van der Waals surface area contributed by atoms with E-state index in [0.717, 1.165) is 49.4 Å². The predicted octanol–water partition coefficient (Wildman–Crippen LogP) is 4.37. The average Bonchev–Trinajstić information content (AvgIpc) is 3.46. The zero-order valence-corrected chi connectivity index (χ0v) is 15.1. The van der Waals surface area contributed by atoms with Crippen molar-refractivity contribution < 1.29 is 14.0 Å². The van der Waals surface area contributed by atoms with Crippen molar-refractivity contribution >= 4 is 0 Å². The van der Waals surface area contributed by atoms with Crippen LogP contribution in [0.25, 0.3) is 11.5 Å². The number of ether oxygens (including phenoxy) is 2. The quantitative estimate of drug-likeness (QED) is 0.674. The summed E-state index contributed by atoms with van der Waals surface area (Å²) in [5.41, 5.74) is 3.62. The summed E-state index contributed by atoms with van der Waals surface area (Å²) in [7, 11) is 0. The molecule has 0 amide bonds. The molecule has 0 N–H and O–H groups in total. The molecule has 0 saturated carbocycles. The molecule has 0 spiro atoms. The fraction of sp³-hybridized carbons (Fsp3) is 0.364. The molecule has 2 aromatic carbocycles. The van der Waals surface area contributed by atoms with Gasteiger partial charge in [-0.2, -0.15) is 4.98 Å². The maximum atomic E-state index is 5.81. The van der Waals surface area contributed by atoms with Crippen molar-refractivity contribution in [1.29, 1.82) is 0 Å². The molecule has 2 atom stereocenters. The van der Waals surface area contributed by atoms with Gasteiger partial charge in [0, 0.05) is 18.1 Å². The highest BCUT2D eigenvalue weighted by Gasteiger charge is 2.27. The Morgan fingerprint density at radius 1 is 1.04 bits per heavy atom. The lowest BCUT2D eigenvalue weighted by Gasteiger charge is -2.11. The van der Waals surface area contributed by atoms with Crippen molar-refractivity contribution in [3.63, 3.8) is 0 Å². The first kappa shape index (κ1) is 16.5. The number of hydrogen-bond donors (Lipinski definition) is 0. The summed E-state index contributed by atoms with van der Waals surface area (Å²) in [6.45, 7) is 1.45. The van der Waals surface area contributed by atoms with Gasteiger partial charge in [0.15, 0.2) is 5.82 Å². The molecule has 5 nitrogen and oxygen atoms in total. The van der Waals surface area contributed by atoms with Crippen molar-refractivity contribution in [1.82, 2.24) is 10.1 Å². The number of nitrogens with zero attached hydrogens (tertiary/aromatic N) is 2. The zero-order chi connectivity index (χ0) is 18.1. The van der Waals surface area contributed by atoms with Crippen LogP contribution in [-0.4, -0.2) is 29.5 Å². The Hall–Kier alpha value is -2.66. The summed E-state index contributed by atoms with van der Waals surface area (Å²) >= 11 is 0. The molecule has 1 fully saturated rings. The molecule has 1 aliphatic carbocycles. The minimum atomic E-state index is 0.220. The number of aromatic nitrogens is 2. The molecule has 5 heteroatoms. The van der Waals surface area contributed by atoms with Gasteiger partial charge < -0.3 is 14.0 Å². The number of fused-ring (bicyclic) bond motifs is 1. The molecular formula is C22H22N2O3. The summed E-state index contributed by atoms with van der Waals surface area (Å²) in [6.07, 6.45) is 4.53. The van der Waals surface area contributed by atoms with Gasteiger partial charge in [0.25, 0.3) is 5.89 Å². The number of hydrogen-bond acceptors (Lipinski definition) is 5. The van der Waals surface area contributed by atoms with E-state index in [-0.39, 0.29) is 12.0 Å². The third kappa shape index (κ3) is 3.35. The zero-order valence-electron chi connectivity index (χ0n) is 15.1. The second kappa shape index (κ2) is 7.16. The Morgan fingerprint density at radius 3 is 2.78 bits per heavy atom. The van der Waals surface area contributed by atoms with Crippen LogP contribution < -0.4 is 4.74 Å². The Morgan fingerprint density at radius 2 is 1.93 bits per heavy atom. The Labute approximate surface area is 158 Å². The van der Waals surface area contributed by atoms with E-state index in [4.69, 9.17) is 14.0 Å².